The van der Waals surface area contributed by atoms with Crippen LogP contribution in [0.15, 0.2) is 35.5 Å². The SMILES string of the molecule is C[C@@H]1C/C(=C/C=C2\CCC[C@]3(C)C([C@H](C)/C=C/[C@H](C)C(C)(C)O)CC[C@@H]23)C[C@@H](O)C1. The molecule has 0 amide bonds. The van der Waals surface area contributed by atoms with Gasteiger partial charge in [0, 0.05) is 5.92 Å². The third-order valence-electron chi connectivity index (χ3n) is 8.81. The second kappa shape index (κ2) is 9.33. The molecule has 0 aromatic carbocycles. The van der Waals surface area contributed by atoms with Gasteiger partial charge in [-0.15, -0.1) is 0 Å². The molecule has 0 aromatic heterocycles. The summed E-state index contributed by atoms with van der Waals surface area (Å²) in [6, 6.07) is 0. The van der Waals surface area contributed by atoms with E-state index in [9.17, 15) is 10.2 Å². The Morgan fingerprint density at radius 1 is 1.10 bits per heavy atom. The van der Waals surface area contributed by atoms with Crippen LogP contribution < -0.4 is 0 Å². The number of aliphatic hydroxyl groups is 2. The molecule has 7 atom stereocenters. The molecular weight excluding hydrogens is 368 g/mol. The highest BCUT2D eigenvalue weighted by Crippen LogP contribution is 2.59. The van der Waals surface area contributed by atoms with Crippen molar-refractivity contribution in [2.75, 3.05) is 0 Å². The number of fused-ring (bicyclic) bond motifs is 1. The van der Waals surface area contributed by atoms with Gasteiger partial charge in [0.2, 0.25) is 0 Å². The van der Waals surface area contributed by atoms with Crippen molar-refractivity contribution in [3.05, 3.63) is 35.5 Å². The topological polar surface area (TPSA) is 40.5 Å². The first-order valence-corrected chi connectivity index (χ1v) is 12.5. The van der Waals surface area contributed by atoms with Crippen LogP contribution in [0.3, 0.4) is 0 Å². The molecule has 0 spiro atoms. The lowest BCUT2D eigenvalue weighted by Gasteiger charge is -2.44. The van der Waals surface area contributed by atoms with Gasteiger partial charge in [0.05, 0.1) is 11.7 Å². The summed E-state index contributed by atoms with van der Waals surface area (Å²) in [6.07, 6.45) is 18.7. The number of rotatable bonds is 5. The smallest absolute Gasteiger partial charge is 0.0651 e. The Balaban J connectivity index is 1.73. The minimum Gasteiger partial charge on any atom is -0.393 e. The van der Waals surface area contributed by atoms with Crippen molar-refractivity contribution in [1.29, 1.82) is 0 Å². The molecule has 0 aromatic rings. The van der Waals surface area contributed by atoms with Crippen molar-refractivity contribution in [2.24, 2.45) is 35.0 Å². The van der Waals surface area contributed by atoms with E-state index < -0.39 is 5.60 Å². The van der Waals surface area contributed by atoms with Crippen LogP contribution in [0.2, 0.25) is 0 Å². The zero-order valence-corrected chi connectivity index (χ0v) is 20.3. The Hall–Kier alpha value is -0.860. The van der Waals surface area contributed by atoms with Gasteiger partial charge in [0.1, 0.15) is 0 Å². The summed E-state index contributed by atoms with van der Waals surface area (Å²) in [5.74, 6) is 2.76. The zero-order chi connectivity index (χ0) is 22.1. The second-order valence-corrected chi connectivity index (χ2v) is 11.8. The maximum absolute atomic E-state index is 10.3. The van der Waals surface area contributed by atoms with Crippen LogP contribution in [0.25, 0.3) is 0 Å². The van der Waals surface area contributed by atoms with Crippen molar-refractivity contribution >= 4 is 0 Å². The molecule has 0 heterocycles. The first kappa shape index (κ1) is 23.8. The highest BCUT2D eigenvalue weighted by atomic mass is 16.3. The zero-order valence-electron chi connectivity index (χ0n) is 20.3. The Morgan fingerprint density at radius 3 is 2.50 bits per heavy atom. The van der Waals surface area contributed by atoms with Crippen LogP contribution in [0.5, 0.6) is 0 Å². The molecule has 3 saturated carbocycles. The number of hydrogen-bond donors (Lipinski definition) is 2. The summed E-state index contributed by atoms with van der Waals surface area (Å²) in [5.41, 5.74) is 2.83. The average Bonchev–Trinajstić information content (AvgIpc) is 3.00. The van der Waals surface area contributed by atoms with Gasteiger partial charge in [0.25, 0.3) is 0 Å². The van der Waals surface area contributed by atoms with Crippen molar-refractivity contribution < 1.29 is 10.2 Å². The van der Waals surface area contributed by atoms with E-state index in [2.05, 4.69) is 52.0 Å². The van der Waals surface area contributed by atoms with Crippen LogP contribution in [0.4, 0.5) is 0 Å². The van der Waals surface area contributed by atoms with E-state index in [4.69, 9.17) is 0 Å². The Kier molecular flexibility index (Phi) is 7.40. The minimum absolute atomic E-state index is 0.148. The maximum atomic E-state index is 10.3. The molecule has 2 heteroatoms. The van der Waals surface area contributed by atoms with E-state index in [1.807, 2.05) is 13.8 Å². The Bertz CT molecular complexity index is 667. The van der Waals surface area contributed by atoms with Gasteiger partial charge < -0.3 is 10.2 Å². The lowest BCUT2D eigenvalue weighted by molar-refractivity contribution is 0.0436. The fourth-order valence-corrected chi connectivity index (χ4v) is 6.68. The van der Waals surface area contributed by atoms with Crippen LogP contribution in [-0.2, 0) is 0 Å². The molecule has 3 rings (SSSR count). The molecule has 170 valence electrons. The molecule has 0 saturated heterocycles. The van der Waals surface area contributed by atoms with Gasteiger partial charge in [-0.05, 0) is 94.3 Å². The predicted molar refractivity (Wildman–Crippen MR) is 127 cm³/mol. The highest BCUT2D eigenvalue weighted by molar-refractivity contribution is 5.26. The van der Waals surface area contributed by atoms with E-state index in [0.29, 0.717) is 23.2 Å². The van der Waals surface area contributed by atoms with Gasteiger partial charge in [-0.25, -0.2) is 0 Å². The van der Waals surface area contributed by atoms with Crippen molar-refractivity contribution in [1.82, 2.24) is 0 Å². The standard InChI is InChI=1S/C28H46O2/c1-19-16-22(18-24(29)17-19)11-12-23-8-7-15-28(6)25(13-14-26(23)28)20(2)9-10-21(3)27(4,5)30/h9-12,19-21,24-26,29-30H,7-8,13-18H2,1-6H3/b10-9+,22-11-,23-12+/t19-,20-,21+,24+,25?,26+,28-/m1/s1. The highest BCUT2D eigenvalue weighted by Gasteiger charge is 2.50. The normalized spacial score (nSPS) is 40.1. The van der Waals surface area contributed by atoms with E-state index in [1.165, 1.54) is 37.7 Å². The first-order chi connectivity index (χ1) is 14.0. The van der Waals surface area contributed by atoms with Gasteiger partial charge >= 0.3 is 0 Å². The second-order valence-electron chi connectivity index (χ2n) is 11.8. The van der Waals surface area contributed by atoms with E-state index in [-0.39, 0.29) is 12.0 Å². The third kappa shape index (κ3) is 5.30. The predicted octanol–water partition coefficient (Wildman–Crippen LogP) is 6.84. The van der Waals surface area contributed by atoms with Crippen molar-refractivity contribution in [3.63, 3.8) is 0 Å². The van der Waals surface area contributed by atoms with E-state index in [0.717, 1.165) is 25.2 Å². The molecule has 0 bridgehead atoms. The van der Waals surface area contributed by atoms with Crippen LogP contribution in [-0.4, -0.2) is 21.9 Å². The van der Waals surface area contributed by atoms with Crippen LogP contribution >= 0.6 is 0 Å². The van der Waals surface area contributed by atoms with Crippen molar-refractivity contribution in [2.45, 2.75) is 105 Å². The fraction of sp³-hybridized carbons (Fsp3) is 0.786. The molecule has 2 nitrogen and oxygen atoms in total. The van der Waals surface area contributed by atoms with Crippen LogP contribution in [0.1, 0.15) is 92.9 Å². The molecule has 1 unspecified atom stereocenters. The summed E-state index contributed by atoms with van der Waals surface area (Å²) in [7, 11) is 0. The Morgan fingerprint density at radius 2 is 1.83 bits per heavy atom. The lowest BCUT2D eigenvalue weighted by Crippen LogP contribution is -2.35. The third-order valence-corrected chi connectivity index (χ3v) is 8.81. The molecule has 3 fully saturated rings. The summed E-state index contributed by atoms with van der Waals surface area (Å²) >= 11 is 0. The molecule has 3 aliphatic rings. The monoisotopic (exact) mass is 414 g/mol. The first-order valence-electron chi connectivity index (χ1n) is 12.5. The van der Waals surface area contributed by atoms with Crippen LogP contribution in [0, 0.1) is 35.0 Å². The van der Waals surface area contributed by atoms with Gasteiger partial charge in [-0.2, -0.15) is 0 Å². The number of allylic oxidation sites excluding steroid dienone is 4. The molecule has 30 heavy (non-hydrogen) atoms. The van der Waals surface area contributed by atoms with Gasteiger partial charge in [-0.1, -0.05) is 63.1 Å². The minimum atomic E-state index is -0.656. The largest absolute Gasteiger partial charge is 0.393 e. The lowest BCUT2D eigenvalue weighted by atomic mass is 9.61. The van der Waals surface area contributed by atoms with Gasteiger partial charge in [0.15, 0.2) is 0 Å². The summed E-state index contributed by atoms with van der Waals surface area (Å²) < 4.78 is 0. The summed E-state index contributed by atoms with van der Waals surface area (Å²) in [5, 5.41) is 20.4. The molecule has 0 aliphatic heterocycles. The summed E-state index contributed by atoms with van der Waals surface area (Å²) in [6.45, 7) is 13.1. The quantitative estimate of drug-likeness (QED) is 0.484. The average molecular weight is 415 g/mol. The van der Waals surface area contributed by atoms with E-state index in [1.54, 1.807) is 5.57 Å². The molecule has 3 aliphatic carbocycles. The molecular formula is C28H46O2. The Labute approximate surface area is 185 Å². The van der Waals surface area contributed by atoms with Gasteiger partial charge in [-0.3, -0.25) is 0 Å². The molecule has 2 N–H and O–H groups in total. The maximum Gasteiger partial charge on any atom is 0.0651 e. The van der Waals surface area contributed by atoms with E-state index >= 15 is 0 Å². The summed E-state index contributed by atoms with van der Waals surface area (Å²) in [4.78, 5) is 0. The number of hydrogen-bond acceptors (Lipinski definition) is 2. The van der Waals surface area contributed by atoms with Crippen molar-refractivity contribution in [3.8, 4) is 0 Å². The molecule has 0 radical (unpaired) electrons. The number of aliphatic hydroxyl groups excluding tert-OH is 1. The fourth-order valence-electron chi connectivity index (χ4n) is 6.68.